The molecule has 2 aromatic heterocycles. The maximum Gasteiger partial charge on any atom is 0.137 e. The molecule has 0 amide bonds. The van der Waals surface area contributed by atoms with Crippen molar-refractivity contribution in [2.45, 2.75) is 0 Å². The average Bonchev–Trinajstić information content (AvgIpc) is 3.02. The van der Waals surface area contributed by atoms with Gasteiger partial charge in [-0.25, -0.2) is 0 Å². The lowest BCUT2D eigenvalue weighted by Crippen LogP contribution is -1.86. The normalized spacial score (nSPS) is 11.3. The monoisotopic (exact) mass is 305 g/mol. The summed E-state index contributed by atoms with van der Waals surface area (Å²) in [7, 11) is 3.21. The smallest absolute Gasteiger partial charge is 0.137 e. The third-order valence-electron chi connectivity index (χ3n) is 3.58. The molecule has 0 spiro atoms. The number of nitrogens with zero attached hydrogens (tertiary/aromatic N) is 2. The van der Waals surface area contributed by atoms with Crippen molar-refractivity contribution in [3.63, 3.8) is 0 Å². The highest BCUT2D eigenvalue weighted by molar-refractivity contribution is 6.01. The molecule has 3 aromatic rings. The van der Waals surface area contributed by atoms with Crippen molar-refractivity contribution in [2.24, 2.45) is 0 Å². The highest BCUT2D eigenvalue weighted by Gasteiger charge is 2.09. The molecule has 0 aliphatic rings. The third kappa shape index (κ3) is 2.87. The van der Waals surface area contributed by atoms with Crippen molar-refractivity contribution < 1.29 is 9.47 Å². The molecule has 0 aliphatic heterocycles. The van der Waals surface area contributed by atoms with Crippen LogP contribution in [0, 0.1) is 11.3 Å². The van der Waals surface area contributed by atoms with Crippen LogP contribution in [0.5, 0.6) is 11.5 Å². The van der Waals surface area contributed by atoms with E-state index in [0.29, 0.717) is 11.3 Å². The Morgan fingerprint density at radius 2 is 2.00 bits per heavy atom. The molecular weight excluding hydrogens is 290 g/mol. The highest BCUT2D eigenvalue weighted by atomic mass is 16.5. The molecule has 0 bridgehead atoms. The summed E-state index contributed by atoms with van der Waals surface area (Å²) in [4.78, 5) is 7.28. The molecule has 0 atom stereocenters. The molecule has 0 unspecified atom stereocenters. The van der Waals surface area contributed by atoms with Gasteiger partial charge in [0.25, 0.3) is 0 Å². The van der Waals surface area contributed by atoms with Gasteiger partial charge in [0.05, 0.1) is 32.1 Å². The lowest BCUT2D eigenvalue weighted by atomic mass is 10.0. The van der Waals surface area contributed by atoms with Gasteiger partial charge in [0.1, 0.15) is 11.5 Å². The number of benzene rings is 1. The van der Waals surface area contributed by atoms with E-state index in [4.69, 9.17) is 9.47 Å². The minimum Gasteiger partial charge on any atom is -0.497 e. The predicted molar refractivity (Wildman–Crippen MR) is 89.1 cm³/mol. The van der Waals surface area contributed by atoms with Crippen LogP contribution in [0.1, 0.15) is 11.1 Å². The standard InChI is InChI=1S/C18H15N3O2/c1-22-14-3-4-16-17(11-21-18(16)7-14)13(8-19)5-12-6-15(23-2)10-20-9-12/h3-7,9-11,21H,1-2H3/b13-5+. The van der Waals surface area contributed by atoms with E-state index in [1.807, 2.05) is 30.5 Å². The van der Waals surface area contributed by atoms with E-state index in [0.717, 1.165) is 27.8 Å². The lowest BCUT2D eigenvalue weighted by Gasteiger charge is -2.02. The van der Waals surface area contributed by atoms with Crippen molar-refractivity contribution in [3.8, 4) is 17.6 Å². The first-order valence-electron chi connectivity index (χ1n) is 7.01. The van der Waals surface area contributed by atoms with Gasteiger partial charge < -0.3 is 14.5 Å². The lowest BCUT2D eigenvalue weighted by molar-refractivity contribution is 0.413. The van der Waals surface area contributed by atoms with Gasteiger partial charge in [-0.3, -0.25) is 4.98 Å². The quantitative estimate of drug-likeness (QED) is 0.747. The summed E-state index contributed by atoms with van der Waals surface area (Å²) in [6.07, 6.45) is 6.94. The molecule has 1 N–H and O–H groups in total. The largest absolute Gasteiger partial charge is 0.497 e. The van der Waals surface area contributed by atoms with Crippen LogP contribution in [0.4, 0.5) is 0 Å². The van der Waals surface area contributed by atoms with E-state index in [-0.39, 0.29) is 0 Å². The second kappa shape index (κ2) is 6.24. The van der Waals surface area contributed by atoms with Gasteiger partial charge in [-0.05, 0) is 29.8 Å². The number of nitrogens with one attached hydrogen (secondary N) is 1. The molecule has 114 valence electrons. The van der Waals surface area contributed by atoms with E-state index in [2.05, 4.69) is 16.0 Å². The van der Waals surface area contributed by atoms with Gasteiger partial charge in [-0.15, -0.1) is 0 Å². The minimum atomic E-state index is 0.552. The van der Waals surface area contributed by atoms with E-state index >= 15 is 0 Å². The first-order chi connectivity index (χ1) is 11.2. The summed E-state index contributed by atoms with van der Waals surface area (Å²) in [6, 6.07) is 9.81. The van der Waals surface area contributed by atoms with Gasteiger partial charge in [0.2, 0.25) is 0 Å². The fourth-order valence-electron chi connectivity index (χ4n) is 2.42. The number of rotatable bonds is 4. The van der Waals surface area contributed by atoms with Crippen LogP contribution in [0.3, 0.4) is 0 Å². The number of allylic oxidation sites excluding steroid dienone is 1. The number of hydrogen-bond donors (Lipinski definition) is 1. The predicted octanol–water partition coefficient (Wildman–Crippen LogP) is 3.64. The van der Waals surface area contributed by atoms with E-state index in [9.17, 15) is 5.26 Å². The Kier molecular flexibility index (Phi) is 3.98. The van der Waals surface area contributed by atoms with Gasteiger partial charge in [0.15, 0.2) is 0 Å². The molecular formula is C18H15N3O2. The second-order valence-electron chi connectivity index (χ2n) is 4.94. The van der Waals surface area contributed by atoms with E-state index < -0.39 is 0 Å². The van der Waals surface area contributed by atoms with Gasteiger partial charge in [-0.2, -0.15) is 5.26 Å². The van der Waals surface area contributed by atoms with Gasteiger partial charge in [0, 0.05) is 34.9 Å². The molecule has 5 nitrogen and oxygen atoms in total. The van der Waals surface area contributed by atoms with Gasteiger partial charge >= 0.3 is 0 Å². The van der Waals surface area contributed by atoms with Crippen LogP contribution in [0.15, 0.2) is 42.9 Å². The second-order valence-corrected chi connectivity index (χ2v) is 4.94. The van der Waals surface area contributed by atoms with Crippen molar-refractivity contribution in [2.75, 3.05) is 14.2 Å². The molecule has 0 radical (unpaired) electrons. The number of hydrogen-bond acceptors (Lipinski definition) is 4. The number of methoxy groups -OCH3 is 2. The van der Waals surface area contributed by atoms with Gasteiger partial charge in [-0.1, -0.05) is 0 Å². The Balaban J connectivity index is 2.07. The third-order valence-corrected chi connectivity index (χ3v) is 3.58. The molecule has 0 fully saturated rings. The Bertz CT molecular complexity index is 919. The number of nitriles is 1. The molecule has 5 heteroatoms. The zero-order valence-corrected chi connectivity index (χ0v) is 12.8. The van der Waals surface area contributed by atoms with E-state index in [1.54, 1.807) is 32.7 Å². The summed E-state index contributed by atoms with van der Waals surface area (Å²) in [6.45, 7) is 0. The summed E-state index contributed by atoms with van der Waals surface area (Å²) in [5, 5.41) is 10.5. The number of aromatic amines is 1. The van der Waals surface area contributed by atoms with Crippen LogP contribution in [-0.2, 0) is 0 Å². The molecule has 3 rings (SSSR count). The number of aromatic nitrogens is 2. The zero-order valence-electron chi connectivity index (χ0n) is 12.8. The van der Waals surface area contributed by atoms with Crippen LogP contribution in [-0.4, -0.2) is 24.2 Å². The van der Waals surface area contributed by atoms with Crippen LogP contribution < -0.4 is 9.47 Å². The molecule has 0 saturated carbocycles. The number of H-pyrrole nitrogens is 1. The topological polar surface area (TPSA) is 70.9 Å². The molecule has 0 saturated heterocycles. The van der Waals surface area contributed by atoms with E-state index in [1.165, 1.54) is 0 Å². The fourth-order valence-corrected chi connectivity index (χ4v) is 2.42. The summed E-state index contributed by atoms with van der Waals surface area (Å²) in [5.74, 6) is 1.42. The fraction of sp³-hybridized carbons (Fsp3) is 0.111. The zero-order chi connectivity index (χ0) is 16.2. The Morgan fingerprint density at radius 3 is 2.74 bits per heavy atom. The van der Waals surface area contributed by atoms with Crippen LogP contribution >= 0.6 is 0 Å². The number of ether oxygens (including phenoxy) is 2. The number of fused-ring (bicyclic) bond motifs is 1. The van der Waals surface area contributed by atoms with Crippen molar-refractivity contribution >= 4 is 22.6 Å². The van der Waals surface area contributed by atoms with Crippen molar-refractivity contribution in [1.29, 1.82) is 5.26 Å². The SMILES string of the molecule is COc1cncc(/C=C(\C#N)c2c[nH]c3cc(OC)ccc23)c1. The van der Waals surface area contributed by atoms with Crippen LogP contribution in [0.2, 0.25) is 0 Å². The van der Waals surface area contributed by atoms with Crippen molar-refractivity contribution in [1.82, 2.24) is 9.97 Å². The molecule has 2 heterocycles. The Labute approximate surface area is 133 Å². The Morgan fingerprint density at radius 1 is 1.17 bits per heavy atom. The maximum absolute atomic E-state index is 9.54. The summed E-state index contributed by atoms with van der Waals surface area (Å²) in [5.41, 5.74) is 3.12. The summed E-state index contributed by atoms with van der Waals surface area (Å²) >= 11 is 0. The first-order valence-corrected chi connectivity index (χ1v) is 7.01. The molecule has 23 heavy (non-hydrogen) atoms. The molecule has 0 aliphatic carbocycles. The molecule has 1 aromatic carbocycles. The first kappa shape index (κ1) is 14.7. The maximum atomic E-state index is 9.54. The average molecular weight is 305 g/mol. The summed E-state index contributed by atoms with van der Waals surface area (Å²) < 4.78 is 10.4. The highest BCUT2D eigenvalue weighted by Crippen LogP contribution is 2.29. The van der Waals surface area contributed by atoms with Crippen LogP contribution in [0.25, 0.3) is 22.6 Å². The number of pyridine rings is 1. The Hall–Kier alpha value is -3.26. The van der Waals surface area contributed by atoms with Crippen molar-refractivity contribution in [3.05, 3.63) is 54.0 Å². The minimum absolute atomic E-state index is 0.552.